The first kappa shape index (κ1) is 8.70. The Morgan fingerprint density at radius 3 is 2.83 bits per heavy atom. The summed E-state index contributed by atoms with van der Waals surface area (Å²) in [5.41, 5.74) is -0.317. The van der Waals surface area contributed by atoms with Crippen LogP contribution in [-0.2, 0) is 20.3 Å². The number of hydrogen-bond donors (Lipinski definition) is 0. The largest absolute Gasteiger partial charge is 0.346 e. The van der Waals surface area contributed by atoms with Gasteiger partial charge in [0.05, 0.1) is 6.54 Å². The predicted octanol–water partition coefficient (Wildman–Crippen LogP) is 0.237. The van der Waals surface area contributed by atoms with E-state index in [1.54, 1.807) is 0 Å². The first-order valence-electron chi connectivity index (χ1n) is 3.50. The Kier molecular flexibility index (Phi) is 2.42. The number of allylic oxidation sites excluding steroid dienone is 1. The van der Waals surface area contributed by atoms with Crippen LogP contribution >= 0.6 is 0 Å². The minimum atomic E-state index is -0.726. The van der Waals surface area contributed by atoms with Gasteiger partial charge in [0.2, 0.25) is 0 Å². The van der Waals surface area contributed by atoms with E-state index >= 15 is 0 Å². The van der Waals surface area contributed by atoms with E-state index < -0.39 is 6.67 Å². The zero-order chi connectivity index (χ0) is 9.14. The lowest BCUT2D eigenvalue weighted by Crippen LogP contribution is -2.22. The maximum atomic E-state index is 12.2. The molecule has 0 N–H and O–H groups in total. The lowest BCUT2D eigenvalue weighted by atomic mass is 10.6. The quantitative estimate of drug-likeness (QED) is 0.611. The molecular weight excluding hydrogens is 161 g/mol. The van der Waals surface area contributed by atoms with Gasteiger partial charge in [-0.3, -0.25) is 4.57 Å². The summed E-state index contributed by atoms with van der Waals surface area (Å²) in [5.74, 6) is 0.141. The second kappa shape index (κ2) is 3.34. The van der Waals surface area contributed by atoms with Crippen molar-refractivity contribution in [1.82, 2.24) is 14.3 Å². The van der Waals surface area contributed by atoms with Gasteiger partial charge in [0, 0.05) is 7.05 Å². The van der Waals surface area contributed by atoms with Crippen molar-refractivity contribution in [3.63, 3.8) is 0 Å². The van der Waals surface area contributed by atoms with Crippen molar-refractivity contribution in [1.29, 1.82) is 0 Å². The van der Waals surface area contributed by atoms with E-state index in [0.717, 1.165) is 0 Å². The minimum Gasteiger partial charge on any atom is -0.280 e. The first-order chi connectivity index (χ1) is 5.70. The Morgan fingerprint density at radius 2 is 2.42 bits per heavy atom. The zero-order valence-electron chi connectivity index (χ0n) is 6.83. The van der Waals surface area contributed by atoms with Crippen molar-refractivity contribution < 1.29 is 4.39 Å². The fraction of sp³-hybridized carbons (Fsp3) is 0.429. The third kappa shape index (κ3) is 1.30. The number of aromatic nitrogens is 3. The standard InChI is InChI=1S/C7H10FN3O/c1-3-4-11-7(12)10(2)6(5-8)9-11/h3H,1,4-5H2,2H3. The van der Waals surface area contributed by atoms with Gasteiger partial charge in [0.25, 0.3) is 0 Å². The lowest BCUT2D eigenvalue weighted by molar-refractivity contribution is 0.451. The highest BCUT2D eigenvalue weighted by Gasteiger charge is 2.07. The van der Waals surface area contributed by atoms with E-state index in [-0.39, 0.29) is 11.5 Å². The third-order valence-corrected chi connectivity index (χ3v) is 1.55. The first-order valence-corrected chi connectivity index (χ1v) is 3.50. The molecule has 1 rings (SSSR count). The summed E-state index contributed by atoms with van der Waals surface area (Å²) in [4.78, 5) is 11.2. The highest BCUT2D eigenvalue weighted by atomic mass is 19.1. The monoisotopic (exact) mass is 171 g/mol. The lowest BCUT2D eigenvalue weighted by Gasteiger charge is -1.88. The van der Waals surface area contributed by atoms with Crippen LogP contribution in [0.4, 0.5) is 4.39 Å². The molecule has 0 unspecified atom stereocenters. The zero-order valence-corrected chi connectivity index (χ0v) is 6.83. The van der Waals surface area contributed by atoms with Gasteiger partial charge in [-0.05, 0) is 0 Å². The molecule has 0 saturated carbocycles. The molecule has 0 aliphatic rings. The van der Waals surface area contributed by atoms with Crippen molar-refractivity contribution in [3.05, 3.63) is 29.0 Å². The molecule has 0 amide bonds. The summed E-state index contributed by atoms with van der Waals surface area (Å²) in [7, 11) is 1.49. The molecule has 1 aromatic rings. The van der Waals surface area contributed by atoms with E-state index in [4.69, 9.17) is 0 Å². The molecule has 12 heavy (non-hydrogen) atoms. The summed E-state index contributed by atoms with van der Waals surface area (Å²) in [6, 6.07) is 0. The van der Waals surface area contributed by atoms with Crippen molar-refractivity contribution in [2.24, 2.45) is 7.05 Å². The van der Waals surface area contributed by atoms with E-state index in [1.165, 1.54) is 22.4 Å². The van der Waals surface area contributed by atoms with Gasteiger partial charge in [0.1, 0.15) is 6.67 Å². The SMILES string of the molecule is C=CCn1nc(CF)n(C)c1=O. The highest BCUT2D eigenvalue weighted by Crippen LogP contribution is 1.92. The number of rotatable bonds is 3. The van der Waals surface area contributed by atoms with Crippen molar-refractivity contribution in [2.75, 3.05) is 0 Å². The molecule has 0 aromatic carbocycles. The minimum absolute atomic E-state index is 0.141. The second-order valence-electron chi connectivity index (χ2n) is 2.36. The average Bonchev–Trinajstić information content (AvgIpc) is 2.33. The maximum Gasteiger partial charge on any atom is 0.346 e. The molecule has 5 heteroatoms. The Bertz CT molecular complexity index is 339. The molecule has 4 nitrogen and oxygen atoms in total. The van der Waals surface area contributed by atoms with Crippen molar-refractivity contribution >= 4 is 0 Å². The second-order valence-corrected chi connectivity index (χ2v) is 2.36. The van der Waals surface area contributed by atoms with E-state index in [1.807, 2.05) is 0 Å². The predicted molar refractivity (Wildman–Crippen MR) is 42.5 cm³/mol. The van der Waals surface area contributed by atoms with Crippen LogP contribution < -0.4 is 5.69 Å². The highest BCUT2D eigenvalue weighted by molar-refractivity contribution is 4.85. The van der Waals surface area contributed by atoms with Crippen LogP contribution in [0.2, 0.25) is 0 Å². The molecule has 0 atom stereocenters. The number of hydrogen-bond acceptors (Lipinski definition) is 2. The summed E-state index contributed by atoms with van der Waals surface area (Å²) in [5, 5.41) is 3.74. The van der Waals surface area contributed by atoms with Crippen LogP contribution in [0.5, 0.6) is 0 Å². The van der Waals surface area contributed by atoms with E-state index in [2.05, 4.69) is 11.7 Å². The Hall–Kier alpha value is -1.39. The Labute approximate surface area is 68.9 Å². The van der Waals surface area contributed by atoms with Crippen LogP contribution in [0.1, 0.15) is 5.82 Å². The summed E-state index contributed by atoms with van der Waals surface area (Å²) >= 11 is 0. The van der Waals surface area contributed by atoms with Crippen LogP contribution in [-0.4, -0.2) is 14.3 Å². The molecule has 0 aliphatic heterocycles. The molecule has 0 bridgehead atoms. The van der Waals surface area contributed by atoms with Gasteiger partial charge in [-0.15, -0.1) is 6.58 Å². The summed E-state index contributed by atoms with van der Waals surface area (Å²) in [6.45, 7) is 3.04. The van der Waals surface area contributed by atoms with Crippen LogP contribution in [0.15, 0.2) is 17.4 Å². The molecule has 1 aromatic heterocycles. The van der Waals surface area contributed by atoms with Gasteiger partial charge in [-0.2, -0.15) is 5.10 Å². The molecular formula is C7H10FN3O. The topological polar surface area (TPSA) is 39.8 Å². The molecule has 0 saturated heterocycles. The van der Waals surface area contributed by atoms with Gasteiger partial charge < -0.3 is 0 Å². The molecule has 0 spiro atoms. The number of alkyl halides is 1. The Balaban J connectivity index is 3.15. The van der Waals surface area contributed by atoms with Crippen LogP contribution in [0.25, 0.3) is 0 Å². The van der Waals surface area contributed by atoms with Crippen LogP contribution in [0, 0.1) is 0 Å². The normalized spacial score (nSPS) is 10.2. The fourth-order valence-corrected chi connectivity index (χ4v) is 0.890. The van der Waals surface area contributed by atoms with Crippen molar-refractivity contribution in [3.8, 4) is 0 Å². The van der Waals surface area contributed by atoms with Crippen LogP contribution in [0.3, 0.4) is 0 Å². The third-order valence-electron chi connectivity index (χ3n) is 1.55. The summed E-state index contributed by atoms with van der Waals surface area (Å²) < 4.78 is 14.5. The molecule has 0 fully saturated rings. The molecule has 0 aliphatic carbocycles. The average molecular weight is 171 g/mol. The van der Waals surface area contributed by atoms with Crippen molar-refractivity contribution in [2.45, 2.75) is 13.2 Å². The van der Waals surface area contributed by atoms with Gasteiger partial charge in [0.15, 0.2) is 5.82 Å². The summed E-state index contributed by atoms with van der Waals surface area (Å²) in [6.07, 6.45) is 1.54. The maximum absolute atomic E-state index is 12.2. The van der Waals surface area contributed by atoms with Gasteiger partial charge in [-0.1, -0.05) is 6.08 Å². The smallest absolute Gasteiger partial charge is 0.280 e. The molecule has 0 radical (unpaired) electrons. The van der Waals surface area contributed by atoms with E-state index in [9.17, 15) is 9.18 Å². The van der Waals surface area contributed by atoms with Gasteiger partial charge >= 0.3 is 5.69 Å². The molecule has 1 heterocycles. The number of halogens is 1. The molecule has 66 valence electrons. The van der Waals surface area contributed by atoms with Gasteiger partial charge in [-0.25, -0.2) is 13.9 Å². The Morgan fingerprint density at radius 1 is 1.75 bits per heavy atom. The van der Waals surface area contributed by atoms with E-state index in [0.29, 0.717) is 6.54 Å². The fourth-order valence-electron chi connectivity index (χ4n) is 0.890. The number of nitrogens with zero attached hydrogens (tertiary/aromatic N) is 3.